The monoisotopic (exact) mass is 170 g/mol. The number of rotatable bonds is 3. The van der Waals surface area contributed by atoms with Gasteiger partial charge in [0.1, 0.15) is 0 Å². The maximum atomic E-state index is 3.42. The van der Waals surface area contributed by atoms with Crippen LogP contribution in [-0.4, -0.2) is 38.1 Å². The van der Waals surface area contributed by atoms with Crippen molar-refractivity contribution in [2.75, 3.05) is 27.2 Å². The van der Waals surface area contributed by atoms with Crippen LogP contribution in [0, 0.1) is 5.92 Å². The second-order valence-corrected chi connectivity index (χ2v) is 3.97. The Morgan fingerprint density at radius 2 is 2.33 bits per heavy atom. The topological polar surface area (TPSA) is 15.3 Å². The molecule has 0 spiro atoms. The Labute approximate surface area is 76.3 Å². The Hall–Kier alpha value is -0.0800. The Morgan fingerprint density at radius 3 is 2.83 bits per heavy atom. The van der Waals surface area contributed by atoms with E-state index in [1.54, 1.807) is 0 Å². The van der Waals surface area contributed by atoms with Gasteiger partial charge in [0.25, 0.3) is 0 Å². The molecule has 1 aliphatic heterocycles. The van der Waals surface area contributed by atoms with E-state index in [2.05, 4.69) is 31.2 Å². The third-order valence-corrected chi connectivity index (χ3v) is 3.04. The summed E-state index contributed by atoms with van der Waals surface area (Å²) in [4.78, 5) is 2.45. The van der Waals surface area contributed by atoms with Crippen LogP contribution in [0.4, 0.5) is 0 Å². The summed E-state index contributed by atoms with van der Waals surface area (Å²) >= 11 is 0. The van der Waals surface area contributed by atoms with E-state index in [0.29, 0.717) is 0 Å². The van der Waals surface area contributed by atoms with E-state index in [0.717, 1.165) is 12.0 Å². The number of piperidine rings is 1. The predicted octanol–water partition coefficient (Wildman–Crippen LogP) is 1.33. The fraction of sp³-hybridized carbons (Fsp3) is 1.00. The molecule has 2 nitrogen and oxygen atoms in total. The molecule has 2 atom stereocenters. The fourth-order valence-corrected chi connectivity index (χ4v) is 2.31. The largest absolute Gasteiger partial charge is 0.317 e. The molecule has 1 heterocycles. The van der Waals surface area contributed by atoms with Crippen LogP contribution >= 0.6 is 0 Å². The van der Waals surface area contributed by atoms with Crippen LogP contribution in [0.15, 0.2) is 0 Å². The molecule has 0 amide bonds. The molecule has 1 N–H and O–H groups in total. The Kier molecular flexibility index (Phi) is 4.02. The zero-order chi connectivity index (χ0) is 8.97. The lowest BCUT2D eigenvalue weighted by atomic mass is 9.89. The number of likely N-dealkylation sites (tertiary alicyclic amines) is 1. The summed E-state index contributed by atoms with van der Waals surface area (Å²) in [7, 11) is 4.32. The Morgan fingerprint density at radius 1 is 1.58 bits per heavy atom. The summed E-state index contributed by atoms with van der Waals surface area (Å²) in [5.41, 5.74) is 0. The van der Waals surface area contributed by atoms with Crippen LogP contribution in [0.3, 0.4) is 0 Å². The first kappa shape index (κ1) is 10.0. The summed E-state index contributed by atoms with van der Waals surface area (Å²) in [5.74, 6) is 0.874. The lowest BCUT2D eigenvalue weighted by molar-refractivity contribution is 0.174. The first-order chi connectivity index (χ1) is 5.77. The molecule has 72 valence electrons. The van der Waals surface area contributed by atoms with Gasteiger partial charge in [0.15, 0.2) is 0 Å². The number of hydrogen-bond acceptors (Lipinski definition) is 2. The minimum absolute atomic E-state index is 0.729. The molecule has 0 aromatic heterocycles. The van der Waals surface area contributed by atoms with Crippen molar-refractivity contribution in [1.82, 2.24) is 10.2 Å². The summed E-state index contributed by atoms with van der Waals surface area (Å²) in [6.07, 6.45) is 4.04. The summed E-state index contributed by atoms with van der Waals surface area (Å²) < 4.78 is 0. The fourth-order valence-electron chi connectivity index (χ4n) is 2.31. The highest BCUT2D eigenvalue weighted by Gasteiger charge is 2.22. The molecule has 0 aromatic rings. The molecule has 2 unspecified atom stereocenters. The minimum atomic E-state index is 0.729. The molecule has 0 bridgehead atoms. The van der Waals surface area contributed by atoms with Gasteiger partial charge < -0.3 is 10.2 Å². The van der Waals surface area contributed by atoms with Gasteiger partial charge in [-0.1, -0.05) is 6.92 Å². The van der Waals surface area contributed by atoms with Gasteiger partial charge in [0.05, 0.1) is 0 Å². The Balaban J connectivity index is 2.38. The van der Waals surface area contributed by atoms with E-state index >= 15 is 0 Å². The van der Waals surface area contributed by atoms with Gasteiger partial charge in [-0.15, -0.1) is 0 Å². The molecule has 1 rings (SSSR count). The van der Waals surface area contributed by atoms with Crippen molar-refractivity contribution >= 4 is 0 Å². The second kappa shape index (κ2) is 4.83. The molecule has 0 aromatic carbocycles. The quantitative estimate of drug-likeness (QED) is 0.687. The highest BCUT2D eigenvalue weighted by atomic mass is 15.1. The van der Waals surface area contributed by atoms with Gasteiger partial charge in [0, 0.05) is 12.6 Å². The lowest BCUT2D eigenvalue weighted by Crippen LogP contribution is -2.43. The molecule has 0 radical (unpaired) electrons. The van der Waals surface area contributed by atoms with Gasteiger partial charge in [0.2, 0.25) is 0 Å². The number of nitrogens with one attached hydrogen (secondary N) is 1. The molecular weight excluding hydrogens is 148 g/mol. The van der Waals surface area contributed by atoms with E-state index < -0.39 is 0 Å². The average molecular weight is 170 g/mol. The van der Waals surface area contributed by atoms with Gasteiger partial charge in [-0.2, -0.15) is 0 Å². The lowest BCUT2D eigenvalue weighted by Gasteiger charge is -2.34. The minimum Gasteiger partial charge on any atom is -0.317 e. The molecule has 12 heavy (non-hydrogen) atoms. The highest BCUT2D eigenvalue weighted by Crippen LogP contribution is 2.19. The zero-order valence-electron chi connectivity index (χ0n) is 8.64. The van der Waals surface area contributed by atoms with Crippen molar-refractivity contribution < 1.29 is 0 Å². The summed E-state index contributed by atoms with van der Waals surface area (Å²) in [5, 5.41) is 3.42. The van der Waals surface area contributed by atoms with E-state index in [4.69, 9.17) is 0 Å². The van der Waals surface area contributed by atoms with Crippen molar-refractivity contribution in [2.24, 2.45) is 5.92 Å². The van der Waals surface area contributed by atoms with Crippen molar-refractivity contribution in [3.63, 3.8) is 0 Å². The van der Waals surface area contributed by atoms with Crippen molar-refractivity contribution in [3.05, 3.63) is 0 Å². The average Bonchev–Trinajstić information content (AvgIpc) is 2.07. The van der Waals surface area contributed by atoms with Gasteiger partial charge in [-0.25, -0.2) is 0 Å². The standard InChI is InChI=1S/C10H22N2/c1-4-10(11-2)9-6-5-7-12(3)8-9/h9-11H,4-8H2,1-3H3. The van der Waals surface area contributed by atoms with Gasteiger partial charge in [-0.3, -0.25) is 0 Å². The van der Waals surface area contributed by atoms with Crippen molar-refractivity contribution in [3.8, 4) is 0 Å². The smallest absolute Gasteiger partial charge is 0.0102 e. The normalized spacial score (nSPS) is 28.8. The van der Waals surface area contributed by atoms with Crippen molar-refractivity contribution in [1.29, 1.82) is 0 Å². The van der Waals surface area contributed by atoms with Gasteiger partial charge in [-0.05, 0) is 45.8 Å². The van der Waals surface area contributed by atoms with Crippen LogP contribution in [0.25, 0.3) is 0 Å². The highest BCUT2D eigenvalue weighted by molar-refractivity contribution is 4.79. The predicted molar refractivity (Wildman–Crippen MR) is 53.4 cm³/mol. The maximum Gasteiger partial charge on any atom is 0.0102 e. The number of hydrogen-bond donors (Lipinski definition) is 1. The Bertz CT molecular complexity index is 121. The van der Waals surface area contributed by atoms with E-state index in [1.165, 1.54) is 32.4 Å². The summed E-state index contributed by atoms with van der Waals surface area (Å²) in [6.45, 7) is 4.84. The molecule has 1 aliphatic rings. The molecule has 1 fully saturated rings. The van der Waals surface area contributed by atoms with Crippen LogP contribution in [0.1, 0.15) is 26.2 Å². The van der Waals surface area contributed by atoms with E-state index in [1.807, 2.05) is 0 Å². The van der Waals surface area contributed by atoms with Crippen molar-refractivity contribution in [2.45, 2.75) is 32.2 Å². The first-order valence-corrected chi connectivity index (χ1v) is 5.13. The molecule has 0 aliphatic carbocycles. The zero-order valence-corrected chi connectivity index (χ0v) is 8.64. The SMILES string of the molecule is CCC(NC)C1CCCN(C)C1. The first-order valence-electron chi connectivity index (χ1n) is 5.13. The molecule has 0 saturated carbocycles. The number of nitrogens with zero attached hydrogens (tertiary/aromatic N) is 1. The van der Waals surface area contributed by atoms with Crippen LogP contribution in [0.5, 0.6) is 0 Å². The van der Waals surface area contributed by atoms with E-state index in [-0.39, 0.29) is 0 Å². The van der Waals surface area contributed by atoms with Crippen LogP contribution in [-0.2, 0) is 0 Å². The molecule has 1 saturated heterocycles. The van der Waals surface area contributed by atoms with Crippen LogP contribution < -0.4 is 5.32 Å². The maximum absolute atomic E-state index is 3.42. The second-order valence-electron chi connectivity index (χ2n) is 3.97. The molecule has 2 heteroatoms. The summed E-state index contributed by atoms with van der Waals surface area (Å²) in [6, 6.07) is 0.729. The third kappa shape index (κ3) is 2.46. The molecular formula is C10H22N2. The van der Waals surface area contributed by atoms with Gasteiger partial charge >= 0.3 is 0 Å². The third-order valence-electron chi connectivity index (χ3n) is 3.04. The van der Waals surface area contributed by atoms with Crippen LogP contribution in [0.2, 0.25) is 0 Å². The van der Waals surface area contributed by atoms with E-state index in [9.17, 15) is 0 Å².